The summed E-state index contributed by atoms with van der Waals surface area (Å²) in [6.07, 6.45) is 35.8. The third kappa shape index (κ3) is 33.7. The third-order valence-corrected chi connectivity index (χ3v) is 8.21. The van der Waals surface area contributed by atoms with Gasteiger partial charge in [-0.1, -0.05) is 127 Å². The lowest BCUT2D eigenvalue weighted by atomic mass is 10.1. The molecule has 9 nitrogen and oxygen atoms in total. The van der Waals surface area contributed by atoms with Crippen molar-refractivity contribution in [1.29, 1.82) is 0 Å². The fraction of sp³-hybridized carbons (Fsp3) is 0.730. The largest absolute Gasteiger partial charge is 0.472 e. The molecule has 0 aliphatic carbocycles. The molecule has 0 amide bonds. The van der Waals surface area contributed by atoms with Gasteiger partial charge in [-0.3, -0.25) is 18.6 Å². The van der Waals surface area contributed by atoms with Crippen LogP contribution in [-0.4, -0.2) is 49.3 Å². The van der Waals surface area contributed by atoms with Crippen LogP contribution in [0, 0.1) is 0 Å². The van der Waals surface area contributed by atoms with Crippen molar-refractivity contribution in [3.63, 3.8) is 0 Å². The van der Waals surface area contributed by atoms with E-state index in [9.17, 15) is 19.0 Å². The molecule has 0 heterocycles. The normalized spacial score (nSPS) is 14.0. The minimum absolute atomic E-state index is 0.0455. The summed E-state index contributed by atoms with van der Waals surface area (Å²) in [5.74, 6) is -0.882. The third-order valence-electron chi connectivity index (χ3n) is 7.23. The van der Waals surface area contributed by atoms with Crippen LogP contribution in [0.1, 0.15) is 142 Å². The Morgan fingerprint density at radius 3 is 1.74 bits per heavy atom. The van der Waals surface area contributed by atoms with Crippen LogP contribution in [0.15, 0.2) is 48.6 Å². The summed E-state index contributed by atoms with van der Waals surface area (Å²) in [5.41, 5.74) is 5.32. The number of unbranched alkanes of at least 4 members (excludes halogenated alkanes) is 12. The number of rotatable bonds is 33. The van der Waals surface area contributed by atoms with E-state index >= 15 is 0 Å². The molecule has 0 aliphatic heterocycles. The van der Waals surface area contributed by atoms with Crippen LogP contribution in [0.5, 0.6) is 0 Å². The monoisotopic (exact) mass is 683 g/mol. The Balaban J connectivity index is 4.34. The Kier molecular flexibility index (Phi) is 32.4. The molecule has 0 fully saturated rings. The van der Waals surface area contributed by atoms with E-state index in [1.165, 1.54) is 51.4 Å². The fourth-order valence-electron chi connectivity index (χ4n) is 4.56. The average molecular weight is 684 g/mol. The first-order valence-electron chi connectivity index (χ1n) is 18.1. The zero-order valence-electron chi connectivity index (χ0n) is 29.5. The highest BCUT2D eigenvalue weighted by Crippen LogP contribution is 2.43. The lowest BCUT2D eigenvalue weighted by molar-refractivity contribution is -0.161. The highest BCUT2D eigenvalue weighted by molar-refractivity contribution is 7.47. The average Bonchev–Trinajstić information content (AvgIpc) is 3.05. The zero-order chi connectivity index (χ0) is 34.7. The van der Waals surface area contributed by atoms with Gasteiger partial charge in [0.05, 0.1) is 13.2 Å². The quantitative estimate of drug-likeness (QED) is 0.0300. The maximum atomic E-state index is 12.5. The molecular formula is C37H66NO8P. The minimum atomic E-state index is -4.38. The topological polar surface area (TPSA) is 134 Å². The minimum Gasteiger partial charge on any atom is -0.462 e. The molecule has 47 heavy (non-hydrogen) atoms. The molecule has 0 saturated carbocycles. The van der Waals surface area contributed by atoms with Gasteiger partial charge >= 0.3 is 19.8 Å². The molecule has 0 aromatic rings. The molecule has 272 valence electrons. The number of hydrogen-bond donors (Lipinski definition) is 2. The lowest BCUT2D eigenvalue weighted by Crippen LogP contribution is -2.29. The molecule has 0 aliphatic rings. The standard InChI is InChI=1S/C37H66NO8P/c1-3-5-7-9-11-13-15-16-17-18-20-22-24-26-28-30-37(40)46-35(34-45-47(41,42)44-32-31-38)33-43-36(39)29-27-25-23-21-19-14-12-10-8-6-4-2/h5,7,11,13,16-17,20,22,35H,3-4,6,8-10,12,14-15,18-19,21,23-34,38H2,1-2H3,(H,41,42)/b7-5-,13-11-,17-16-,22-20-/t35-/m1/s1. The summed E-state index contributed by atoms with van der Waals surface area (Å²) < 4.78 is 32.5. The van der Waals surface area contributed by atoms with Crippen molar-refractivity contribution in [1.82, 2.24) is 0 Å². The summed E-state index contributed by atoms with van der Waals surface area (Å²) in [7, 11) is -4.38. The van der Waals surface area contributed by atoms with Gasteiger partial charge in [-0.25, -0.2) is 4.57 Å². The van der Waals surface area contributed by atoms with Crippen molar-refractivity contribution in [3.05, 3.63) is 48.6 Å². The number of hydrogen-bond acceptors (Lipinski definition) is 8. The Bertz CT molecular complexity index is 918. The van der Waals surface area contributed by atoms with Gasteiger partial charge in [0.1, 0.15) is 6.61 Å². The molecule has 1 unspecified atom stereocenters. The van der Waals surface area contributed by atoms with E-state index in [-0.39, 0.29) is 32.6 Å². The Morgan fingerprint density at radius 2 is 1.17 bits per heavy atom. The smallest absolute Gasteiger partial charge is 0.462 e. The molecule has 2 atom stereocenters. The Hall–Kier alpha value is -2.03. The van der Waals surface area contributed by atoms with Crippen molar-refractivity contribution < 1.29 is 37.6 Å². The van der Waals surface area contributed by atoms with Gasteiger partial charge in [0.15, 0.2) is 6.10 Å². The number of allylic oxidation sites excluding steroid dienone is 8. The van der Waals surface area contributed by atoms with E-state index in [0.717, 1.165) is 57.8 Å². The first kappa shape index (κ1) is 45.0. The number of esters is 2. The van der Waals surface area contributed by atoms with Crippen molar-refractivity contribution in [3.8, 4) is 0 Å². The van der Waals surface area contributed by atoms with Crippen LogP contribution >= 0.6 is 7.82 Å². The SMILES string of the molecule is CC/C=C\C/C=C\C/C=C\C/C=C\CCCCC(=O)O[C@H](COC(=O)CCCCCCCCCCCCC)COP(=O)(O)OCCN. The molecule has 10 heteroatoms. The number of ether oxygens (including phenoxy) is 2. The Morgan fingerprint density at radius 1 is 0.660 bits per heavy atom. The predicted molar refractivity (Wildman–Crippen MR) is 192 cm³/mol. The van der Waals surface area contributed by atoms with E-state index in [2.05, 4.69) is 62.5 Å². The van der Waals surface area contributed by atoms with Gasteiger partial charge < -0.3 is 20.1 Å². The van der Waals surface area contributed by atoms with Gasteiger partial charge in [-0.2, -0.15) is 0 Å². The maximum absolute atomic E-state index is 12.5. The maximum Gasteiger partial charge on any atom is 0.472 e. The summed E-state index contributed by atoms with van der Waals surface area (Å²) in [6.45, 7) is 3.53. The highest BCUT2D eigenvalue weighted by atomic mass is 31.2. The molecule has 0 saturated heterocycles. The van der Waals surface area contributed by atoms with Crippen LogP contribution in [0.3, 0.4) is 0 Å². The second-order valence-electron chi connectivity index (χ2n) is 11.7. The summed E-state index contributed by atoms with van der Waals surface area (Å²) in [4.78, 5) is 34.6. The molecule has 0 rings (SSSR count). The summed E-state index contributed by atoms with van der Waals surface area (Å²) >= 11 is 0. The van der Waals surface area contributed by atoms with Gasteiger partial charge in [0.2, 0.25) is 0 Å². The van der Waals surface area contributed by atoms with Crippen molar-refractivity contribution >= 4 is 19.8 Å². The second-order valence-corrected chi connectivity index (χ2v) is 13.2. The van der Waals surface area contributed by atoms with E-state index in [1.807, 2.05) is 0 Å². The first-order chi connectivity index (χ1) is 22.8. The molecule has 0 aromatic heterocycles. The number of carbonyl (C=O) groups is 2. The van der Waals surface area contributed by atoms with Crippen molar-refractivity contribution in [2.24, 2.45) is 5.73 Å². The predicted octanol–water partition coefficient (Wildman–Crippen LogP) is 9.60. The number of phosphoric ester groups is 1. The Labute approximate surface area is 286 Å². The molecule has 0 spiro atoms. The highest BCUT2D eigenvalue weighted by Gasteiger charge is 2.25. The molecule has 0 radical (unpaired) electrons. The van der Waals surface area contributed by atoms with Gasteiger partial charge in [0, 0.05) is 19.4 Å². The number of nitrogens with two attached hydrogens (primary N) is 1. The van der Waals surface area contributed by atoms with Crippen LogP contribution in [-0.2, 0) is 32.7 Å². The van der Waals surface area contributed by atoms with E-state index < -0.39 is 32.5 Å². The van der Waals surface area contributed by atoms with E-state index in [1.54, 1.807) is 0 Å². The van der Waals surface area contributed by atoms with Crippen LogP contribution < -0.4 is 5.73 Å². The lowest BCUT2D eigenvalue weighted by Gasteiger charge is -2.19. The van der Waals surface area contributed by atoms with Crippen molar-refractivity contribution in [2.75, 3.05) is 26.4 Å². The molecule has 0 aromatic carbocycles. The zero-order valence-corrected chi connectivity index (χ0v) is 30.4. The molecular weight excluding hydrogens is 617 g/mol. The van der Waals surface area contributed by atoms with E-state index in [0.29, 0.717) is 6.42 Å². The second kappa shape index (κ2) is 33.9. The molecule has 3 N–H and O–H groups in total. The van der Waals surface area contributed by atoms with Crippen molar-refractivity contribution in [2.45, 2.75) is 148 Å². The number of phosphoric acid groups is 1. The van der Waals surface area contributed by atoms with Gasteiger partial charge in [-0.05, 0) is 51.4 Å². The van der Waals surface area contributed by atoms with Crippen LogP contribution in [0.2, 0.25) is 0 Å². The van der Waals surface area contributed by atoms with Crippen LogP contribution in [0.4, 0.5) is 0 Å². The van der Waals surface area contributed by atoms with Gasteiger partial charge in [-0.15, -0.1) is 0 Å². The van der Waals surface area contributed by atoms with E-state index in [4.69, 9.17) is 24.3 Å². The van der Waals surface area contributed by atoms with Gasteiger partial charge in [0.25, 0.3) is 0 Å². The summed E-state index contributed by atoms with van der Waals surface area (Å²) in [6, 6.07) is 0. The first-order valence-corrected chi connectivity index (χ1v) is 19.6. The number of carbonyl (C=O) groups excluding carboxylic acids is 2. The molecule has 0 bridgehead atoms. The van der Waals surface area contributed by atoms with Crippen LogP contribution in [0.25, 0.3) is 0 Å². The fourth-order valence-corrected chi connectivity index (χ4v) is 5.33. The summed E-state index contributed by atoms with van der Waals surface area (Å²) in [5, 5.41) is 0.